The fourth-order valence-corrected chi connectivity index (χ4v) is 2.01. The Morgan fingerprint density at radius 3 is 2.35 bits per heavy atom. The highest BCUT2D eigenvalue weighted by atomic mass is 32.2. The van der Waals surface area contributed by atoms with Crippen LogP contribution in [-0.4, -0.2) is 29.6 Å². The second kappa shape index (κ2) is 6.67. The topological polar surface area (TPSA) is 46.3 Å². The third-order valence-corrected chi connectivity index (χ3v) is 3.37. The van der Waals surface area contributed by atoms with E-state index in [9.17, 15) is 4.79 Å². The molecule has 0 atom stereocenters. The van der Waals surface area contributed by atoms with Gasteiger partial charge in [-0.3, -0.25) is 4.79 Å². The second-order valence-corrected chi connectivity index (χ2v) is 5.05. The fourth-order valence-electron chi connectivity index (χ4n) is 1.60. The van der Waals surface area contributed by atoms with Gasteiger partial charge in [0.2, 0.25) is 5.91 Å². The smallest absolute Gasteiger partial charge is 0.236 e. The number of benzene rings is 1. The number of amides is 1. The van der Waals surface area contributed by atoms with Gasteiger partial charge in [-0.15, -0.1) is 11.8 Å². The first-order chi connectivity index (χ1) is 8.08. The lowest BCUT2D eigenvalue weighted by atomic mass is 10.2. The third-order valence-electron chi connectivity index (χ3n) is 2.63. The van der Waals surface area contributed by atoms with Crippen molar-refractivity contribution in [1.82, 2.24) is 4.90 Å². The minimum Gasteiger partial charge on any atom is -0.335 e. The molecule has 0 unspecified atom stereocenters. The molecule has 1 rings (SSSR count). The zero-order valence-corrected chi connectivity index (χ0v) is 11.5. The van der Waals surface area contributed by atoms with Crippen molar-refractivity contribution in [2.75, 3.05) is 12.8 Å². The number of carbonyl (C=O) groups excluding carboxylic acids is 1. The lowest BCUT2D eigenvalue weighted by Crippen LogP contribution is -2.40. The summed E-state index contributed by atoms with van der Waals surface area (Å²) in [6.45, 7) is 4.71. The van der Waals surface area contributed by atoms with E-state index in [1.165, 1.54) is 4.90 Å². The van der Waals surface area contributed by atoms with Crippen LogP contribution < -0.4 is 5.73 Å². The van der Waals surface area contributed by atoms with Crippen molar-refractivity contribution in [2.24, 2.45) is 5.73 Å². The zero-order chi connectivity index (χ0) is 12.8. The molecule has 3 nitrogen and oxygen atoms in total. The Kier molecular flexibility index (Phi) is 5.51. The maximum atomic E-state index is 11.7. The van der Waals surface area contributed by atoms with Crippen LogP contribution in [0.25, 0.3) is 0 Å². The van der Waals surface area contributed by atoms with Gasteiger partial charge in [0.1, 0.15) is 0 Å². The molecule has 1 amide bonds. The van der Waals surface area contributed by atoms with E-state index in [1.807, 2.05) is 20.1 Å². The molecule has 0 heterocycles. The molecule has 2 N–H and O–H groups in total. The Balaban J connectivity index is 2.75. The van der Waals surface area contributed by atoms with Crippen LogP contribution in [0.2, 0.25) is 0 Å². The van der Waals surface area contributed by atoms with E-state index < -0.39 is 0 Å². The van der Waals surface area contributed by atoms with Crippen molar-refractivity contribution < 1.29 is 4.79 Å². The number of nitrogens with two attached hydrogens (primary N) is 1. The van der Waals surface area contributed by atoms with Gasteiger partial charge in [0.25, 0.3) is 0 Å². The van der Waals surface area contributed by atoms with Crippen molar-refractivity contribution in [2.45, 2.75) is 31.3 Å². The second-order valence-electron chi connectivity index (χ2n) is 4.17. The highest BCUT2D eigenvalue weighted by Crippen LogP contribution is 2.16. The normalized spacial score (nSPS) is 10.6. The Labute approximate surface area is 107 Å². The van der Waals surface area contributed by atoms with Crippen LogP contribution in [0.5, 0.6) is 0 Å². The molecule has 0 aliphatic rings. The average Bonchev–Trinajstić information content (AvgIpc) is 2.35. The third kappa shape index (κ3) is 4.06. The first kappa shape index (κ1) is 14.1. The molecule has 0 saturated heterocycles. The number of rotatable bonds is 5. The average molecular weight is 252 g/mol. The van der Waals surface area contributed by atoms with Gasteiger partial charge < -0.3 is 10.6 Å². The van der Waals surface area contributed by atoms with Gasteiger partial charge in [-0.25, -0.2) is 0 Å². The predicted molar refractivity (Wildman–Crippen MR) is 73.0 cm³/mol. The van der Waals surface area contributed by atoms with E-state index in [4.69, 9.17) is 5.73 Å². The lowest BCUT2D eigenvalue weighted by Gasteiger charge is -2.26. The molecule has 0 bridgehead atoms. The Hall–Kier alpha value is -1.00. The SMILES string of the molecule is CSc1ccc(CN(C(=O)CN)C(C)C)cc1. The van der Waals surface area contributed by atoms with Crippen molar-refractivity contribution in [1.29, 1.82) is 0 Å². The van der Waals surface area contributed by atoms with Crippen molar-refractivity contribution in [3.05, 3.63) is 29.8 Å². The molecule has 1 aromatic rings. The van der Waals surface area contributed by atoms with Crippen LogP contribution in [0.4, 0.5) is 0 Å². The molecule has 0 aromatic heterocycles. The van der Waals surface area contributed by atoms with Crippen LogP contribution >= 0.6 is 11.8 Å². The molecule has 0 saturated carbocycles. The quantitative estimate of drug-likeness (QED) is 0.816. The monoisotopic (exact) mass is 252 g/mol. The number of thioether (sulfide) groups is 1. The summed E-state index contributed by atoms with van der Waals surface area (Å²) in [6.07, 6.45) is 2.05. The van der Waals surface area contributed by atoms with Gasteiger partial charge in [-0.1, -0.05) is 12.1 Å². The van der Waals surface area contributed by atoms with Gasteiger partial charge in [0.05, 0.1) is 6.54 Å². The highest BCUT2D eigenvalue weighted by Gasteiger charge is 2.15. The van der Waals surface area contributed by atoms with E-state index in [1.54, 1.807) is 16.7 Å². The van der Waals surface area contributed by atoms with Gasteiger partial charge in [-0.2, -0.15) is 0 Å². The number of nitrogens with zero attached hydrogens (tertiary/aromatic N) is 1. The molecule has 0 radical (unpaired) electrons. The van der Waals surface area contributed by atoms with Gasteiger partial charge >= 0.3 is 0 Å². The minimum atomic E-state index is -0.00561. The largest absolute Gasteiger partial charge is 0.335 e. The number of hydrogen-bond acceptors (Lipinski definition) is 3. The molecular formula is C13H20N2OS. The van der Waals surface area contributed by atoms with Crippen LogP contribution in [0.1, 0.15) is 19.4 Å². The summed E-state index contributed by atoms with van der Waals surface area (Å²) in [5.41, 5.74) is 6.55. The van der Waals surface area contributed by atoms with E-state index >= 15 is 0 Å². The standard InChI is InChI=1S/C13H20N2OS/c1-10(2)15(13(16)8-14)9-11-4-6-12(17-3)7-5-11/h4-7,10H,8-9,14H2,1-3H3. The predicted octanol–water partition coefficient (Wildman–Crippen LogP) is 2.10. The summed E-state index contributed by atoms with van der Waals surface area (Å²) in [5, 5.41) is 0. The molecule has 0 aliphatic heterocycles. The Morgan fingerprint density at radius 2 is 1.94 bits per heavy atom. The van der Waals surface area contributed by atoms with Gasteiger partial charge in [0.15, 0.2) is 0 Å². The van der Waals surface area contributed by atoms with Gasteiger partial charge in [-0.05, 0) is 37.8 Å². The van der Waals surface area contributed by atoms with E-state index in [-0.39, 0.29) is 18.5 Å². The summed E-state index contributed by atoms with van der Waals surface area (Å²) in [7, 11) is 0. The van der Waals surface area contributed by atoms with E-state index in [0.717, 1.165) is 5.56 Å². The summed E-state index contributed by atoms with van der Waals surface area (Å²) < 4.78 is 0. The summed E-state index contributed by atoms with van der Waals surface area (Å²) in [5.74, 6) is -0.00561. The maximum absolute atomic E-state index is 11.7. The minimum absolute atomic E-state index is 0.00561. The summed E-state index contributed by atoms with van der Waals surface area (Å²) in [6, 6.07) is 8.44. The first-order valence-electron chi connectivity index (χ1n) is 5.71. The number of hydrogen-bond donors (Lipinski definition) is 1. The Bertz CT molecular complexity index is 362. The fraction of sp³-hybridized carbons (Fsp3) is 0.462. The maximum Gasteiger partial charge on any atom is 0.236 e. The molecule has 1 aromatic carbocycles. The van der Waals surface area contributed by atoms with Crippen molar-refractivity contribution >= 4 is 17.7 Å². The summed E-state index contributed by atoms with van der Waals surface area (Å²) in [4.78, 5) is 14.7. The summed E-state index contributed by atoms with van der Waals surface area (Å²) >= 11 is 1.71. The Morgan fingerprint density at radius 1 is 1.35 bits per heavy atom. The molecule has 0 spiro atoms. The molecule has 0 aliphatic carbocycles. The number of carbonyl (C=O) groups is 1. The van der Waals surface area contributed by atoms with Crippen molar-refractivity contribution in [3.8, 4) is 0 Å². The van der Waals surface area contributed by atoms with Crippen molar-refractivity contribution in [3.63, 3.8) is 0 Å². The van der Waals surface area contributed by atoms with Crippen LogP contribution in [0, 0.1) is 0 Å². The highest BCUT2D eigenvalue weighted by molar-refractivity contribution is 7.98. The molecule has 17 heavy (non-hydrogen) atoms. The lowest BCUT2D eigenvalue weighted by molar-refractivity contribution is -0.132. The van der Waals surface area contributed by atoms with E-state index in [2.05, 4.69) is 24.3 Å². The van der Waals surface area contributed by atoms with Gasteiger partial charge in [0, 0.05) is 17.5 Å². The van der Waals surface area contributed by atoms with Crippen LogP contribution in [0.15, 0.2) is 29.2 Å². The molecular weight excluding hydrogens is 232 g/mol. The zero-order valence-electron chi connectivity index (χ0n) is 10.6. The van der Waals surface area contributed by atoms with E-state index in [0.29, 0.717) is 6.54 Å². The van der Waals surface area contributed by atoms with Crippen LogP contribution in [-0.2, 0) is 11.3 Å². The molecule has 4 heteroatoms. The van der Waals surface area contributed by atoms with Crippen LogP contribution in [0.3, 0.4) is 0 Å². The molecule has 94 valence electrons. The first-order valence-corrected chi connectivity index (χ1v) is 6.93. The molecule has 0 fully saturated rings.